The summed E-state index contributed by atoms with van der Waals surface area (Å²) in [5.74, 6) is 0.311. The smallest absolute Gasteiger partial charge is 0.311 e. The van der Waals surface area contributed by atoms with E-state index in [1.165, 1.54) is 11.3 Å². The van der Waals surface area contributed by atoms with Crippen molar-refractivity contribution in [1.82, 2.24) is 15.0 Å². The third-order valence-electron chi connectivity index (χ3n) is 1.94. The predicted octanol–water partition coefficient (Wildman–Crippen LogP) is 1.71. The van der Waals surface area contributed by atoms with Crippen LogP contribution in [0, 0.1) is 0 Å². The number of carbonyl (C=O) groups excluding carboxylic acids is 1. The third-order valence-corrected chi connectivity index (χ3v) is 2.83. The molecule has 0 bridgehead atoms. The first-order chi connectivity index (χ1) is 8.29. The van der Waals surface area contributed by atoms with E-state index in [0.29, 0.717) is 23.1 Å². The average molecular weight is 249 g/mol. The number of thiazole rings is 1. The summed E-state index contributed by atoms with van der Waals surface area (Å²) >= 11 is 1.42. The molecule has 17 heavy (non-hydrogen) atoms. The number of hydrogen-bond acceptors (Lipinski definition) is 6. The normalized spacial score (nSPS) is 10.2. The van der Waals surface area contributed by atoms with Crippen molar-refractivity contribution >= 4 is 17.3 Å². The highest BCUT2D eigenvalue weighted by atomic mass is 32.1. The fraction of sp³-hybridized carbons (Fsp3) is 0.273. The minimum atomic E-state index is -0.265. The molecule has 0 saturated carbocycles. The van der Waals surface area contributed by atoms with Crippen LogP contribution in [0.25, 0.3) is 10.8 Å². The Morgan fingerprint density at radius 2 is 2.18 bits per heavy atom. The van der Waals surface area contributed by atoms with Crippen molar-refractivity contribution < 1.29 is 9.53 Å². The van der Waals surface area contributed by atoms with Crippen LogP contribution in [-0.2, 0) is 16.0 Å². The maximum Gasteiger partial charge on any atom is 0.311 e. The lowest BCUT2D eigenvalue weighted by Crippen LogP contribution is -2.07. The predicted molar refractivity (Wildman–Crippen MR) is 63.5 cm³/mol. The molecule has 0 spiro atoms. The molecule has 0 N–H and O–H groups in total. The van der Waals surface area contributed by atoms with Crippen LogP contribution in [0.2, 0.25) is 0 Å². The fourth-order valence-corrected chi connectivity index (χ4v) is 2.02. The number of nitrogens with zero attached hydrogens (tertiary/aromatic N) is 3. The summed E-state index contributed by atoms with van der Waals surface area (Å²) in [5.41, 5.74) is 0.691. The SMILES string of the molecule is CCOC(=O)Cc1csc(-c2ncccn2)n1. The highest BCUT2D eigenvalue weighted by molar-refractivity contribution is 7.13. The van der Waals surface area contributed by atoms with Crippen LogP contribution in [0.5, 0.6) is 0 Å². The maximum atomic E-state index is 11.3. The molecule has 2 heterocycles. The molecule has 0 aromatic carbocycles. The van der Waals surface area contributed by atoms with Gasteiger partial charge in [-0.2, -0.15) is 0 Å². The molecule has 5 nitrogen and oxygen atoms in total. The summed E-state index contributed by atoms with van der Waals surface area (Å²) in [6.45, 7) is 2.17. The highest BCUT2D eigenvalue weighted by Gasteiger charge is 2.10. The highest BCUT2D eigenvalue weighted by Crippen LogP contribution is 2.19. The van der Waals surface area contributed by atoms with Crippen LogP contribution in [0.3, 0.4) is 0 Å². The second-order valence-electron chi connectivity index (χ2n) is 3.20. The number of esters is 1. The second kappa shape index (κ2) is 5.49. The zero-order valence-electron chi connectivity index (χ0n) is 9.29. The van der Waals surface area contributed by atoms with Gasteiger partial charge in [-0.3, -0.25) is 4.79 Å². The van der Waals surface area contributed by atoms with Gasteiger partial charge in [0.05, 0.1) is 18.7 Å². The van der Waals surface area contributed by atoms with Gasteiger partial charge in [0.2, 0.25) is 0 Å². The molecule has 0 unspecified atom stereocenters. The molecule has 88 valence electrons. The van der Waals surface area contributed by atoms with E-state index in [0.717, 1.165) is 0 Å². The molecule has 0 atom stereocenters. The van der Waals surface area contributed by atoms with Gasteiger partial charge < -0.3 is 4.74 Å². The monoisotopic (exact) mass is 249 g/mol. The maximum absolute atomic E-state index is 11.3. The molecule has 6 heteroatoms. The standard InChI is InChI=1S/C11H11N3O2S/c1-2-16-9(15)6-8-7-17-11(14-8)10-12-4-3-5-13-10/h3-5,7H,2,6H2,1H3. The Kier molecular flexibility index (Phi) is 3.77. The lowest BCUT2D eigenvalue weighted by Gasteiger charge is -1.97. The van der Waals surface area contributed by atoms with E-state index in [4.69, 9.17) is 4.74 Å². The lowest BCUT2D eigenvalue weighted by molar-refractivity contribution is -0.142. The average Bonchev–Trinajstić information content (AvgIpc) is 2.79. The van der Waals surface area contributed by atoms with Gasteiger partial charge in [0, 0.05) is 17.8 Å². The molecule has 0 fully saturated rings. The van der Waals surface area contributed by atoms with Crippen LogP contribution >= 0.6 is 11.3 Å². The lowest BCUT2D eigenvalue weighted by atomic mass is 10.3. The summed E-state index contributed by atoms with van der Waals surface area (Å²) in [7, 11) is 0. The molecular formula is C11H11N3O2S. The van der Waals surface area contributed by atoms with Crippen molar-refractivity contribution in [2.45, 2.75) is 13.3 Å². The van der Waals surface area contributed by atoms with Crippen molar-refractivity contribution in [2.75, 3.05) is 6.61 Å². The molecule has 0 saturated heterocycles. The van der Waals surface area contributed by atoms with E-state index in [-0.39, 0.29) is 12.4 Å². The molecular weight excluding hydrogens is 238 g/mol. The molecule has 0 aliphatic rings. The summed E-state index contributed by atoms with van der Waals surface area (Å²) in [4.78, 5) is 23.8. The van der Waals surface area contributed by atoms with E-state index in [1.54, 1.807) is 25.4 Å². The Balaban J connectivity index is 2.09. The van der Waals surface area contributed by atoms with Gasteiger partial charge in [0.1, 0.15) is 0 Å². The summed E-state index contributed by atoms with van der Waals surface area (Å²) in [5, 5.41) is 2.53. The second-order valence-corrected chi connectivity index (χ2v) is 4.06. The molecule has 0 aliphatic heterocycles. The van der Waals surface area contributed by atoms with Gasteiger partial charge in [-0.15, -0.1) is 11.3 Å². The molecule has 2 rings (SSSR count). The van der Waals surface area contributed by atoms with E-state index >= 15 is 0 Å². The third kappa shape index (κ3) is 3.07. The van der Waals surface area contributed by atoms with E-state index in [1.807, 2.05) is 5.38 Å². The summed E-state index contributed by atoms with van der Waals surface area (Å²) < 4.78 is 4.86. The summed E-state index contributed by atoms with van der Waals surface area (Å²) in [6.07, 6.45) is 3.51. The first-order valence-corrected chi connectivity index (χ1v) is 6.05. The van der Waals surface area contributed by atoms with Crippen LogP contribution in [0.15, 0.2) is 23.8 Å². The number of hydrogen-bond donors (Lipinski definition) is 0. The number of carbonyl (C=O) groups is 1. The molecule has 2 aromatic rings. The first kappa shape index (κ1) is 11.7. The molecule has 0 amide bonds. The van der Waals surface area contributed by atoms with Gasteiger partial charge in [-0.05, 0) is 13.0 Å². The van der Waals surface area contributed by atoms with Crippen molar-refractivity contribution in [2.24, 2.45) is 0 Å². The zero-order chi connectivity index (χ0) is 12.1. The Hall–Kier alpha value is -1.82. The Morgan fingerprint density at radius 1 is 1.41 bits per heavy atom. The van der Waals surface area contributed by atoms with E-state index in [9.17, 15) is 4.79 Å². The van der Waals surface area contributed by atoms with Gasteiger partial charge in [-0.25, -0.2) is 15.0 Å². The first-order valence-electron chi connectivity index (χ1n) is 5.17. The number of rotatable bonds is 4. The van der Waals surface area contributed by atoms with Crippen molar-refractivity contribution in [3.05, 3.63) is 29.5 Å². The van der Waals surface area contributed by atoms with Crippen molar-refractivity contribution in [3.8, 4) is 10.8 Å². The van der Waals surface area contributed by atoms with Crippen LogP contribution < -0.4 is 0 Å². The Morgan fingerprint density at radius 3 is 2.88 bits per heavy atom. The largest absolute Gasteiger partial charge is 0.466 e. The molecule has 2 aromatic heterocycles. The van der Waals surface area contributed by atoms with Crippen LogP contribution in [0.4, 0.5) is 0 Å². The van der Waals surface area contributed by atoms with Crippen LogP contribution in [-0.4, -0.2) is 27.5 Å². The van der Waals surface area contributed by atoms with Crippen LogP contribution in [0.1, 0.15) is 12.6 Å². The van der Waals surface area contributed by atoms with Crippen molar-refractivity contribution in [3.63, 3.8) is 0 Å². The van der Waals surface area contributed by atoms with Gasteiger partial charge in [0.25, 0.3) is 0 Å². The summed E-state index contributed by atoms with van der Waals surface area (Å²) in [6, 6.07) is 1.75. The van der Waals surface area contributed by atoms with Gasteiger partial charge >= 0.3 is 5.97 Å². The van der Waals surface area contributed by atoms with E-state index in [2.05, 4.69) is 15.0 Å². The van der Waals surface area contributed by atoms with Crippen molar-refractivity contribution in [1.29, 1.82) is 0 Å². The Bertz CT molecular complexity index is 498. The topological polar surface area (TPSA) is 65.0 Å². The zero-order valence-corrected chi connectivity index (χ0v) is 10.1. The molecule has 0 radical (unpaired) electrons. The fourth-order valence-electron chi connectivity index (χ4n) is 1.26. The quantitative estimate of drug-likeness (QED) is 0.772. The van der Waals surface area contributed by atoms with Gasteiger partial charge in [0.15, 0.2) is 10.8 Å². The minimum absolute atomic E-state index is 0.192. The minimum Gasteiger partial charge on any atom is -0.466 e. The van der Waals surface area contributed by atoms with Gasteiger partial charge in [-0.1, -0.05) is 0 Å². The van der Waals surface area contributed by atoms with E-state index < -0.39 is 0 Å². The number of aromatic nitrogens is 3. The molecule has 0 aliphatic carbocycles. The number of ether oxygens (including phenoxy) is 1. The Labute approximate surface area is 103 Å².